The number of rotatable bonds is 3. The minimum atomic E-state index is -0.568. The van der Waals surface area contributed by atoms with Crippen LogP contribution in [-0.4, -0.2) is 52.7 Å². The van der Waals surface area contributed by atoms with Crippen molar-refractivity contribution in [2.45, 2.75) is 50.7 Å². The Morgan fingerprint density at radius 2 is 2.00 bits per heavy atom. The molecule has 6 nitrogen and oxygen atoms in total. The Morgan fingerprint density at radius 1 is 1.21 bits per heavy atom. The van der Waals surface area contributed by atoms with Crippen LogP contribution in [0.2, 0.25) is 0 Å². The van der Waals surface area contributed by atoms with Gasteiger partial charge in [0.1, 0.15) is 6.04 Å². The van der Waals surface area contributed by atoms with Crippen LogP contribution in [0.4, 0.5) is 0 Å². The van der Waals surface area contributed by atoms with Gasteiger partial charge in [0.2, 0.25) is 17.7 Å². The van der Waals surface area contributed by atoms with Gasteiger partial charge in [-0.05, 0) is 36.8 Å². The van der Waals surface area contributed by atoms with E-state index < -0.39 is 12.0 Å². The standard InChI is InChI=1S/C22H25N3O3/c1-2-18-8-5-10-25(18)22(28)19-12-17(21(27)23-19)13-20(26)24-11-9-15-6-3-4-7-16(15)14-24/h1,3-4,6-7,17-19H,5,8-14H2,(H,23,27)/t17-,18?,19-/m0/s1. The van der Waals surface area contributed by atoms with Crippen LogP contribution in [-0.2, 0) is 27.3 Å². The highest BCUT2D eigenvalue weighted by Gasteiger charge is 2.41. The first kappa shape index (κ1) is 18.5. The van der Waals surface area contributed by atoms with E-state index >= 15 is 0 Å². The van der Waals surface area contributed by atoms with E-state index in [1.807, 2.05) is 23.1 Å². The van der Waals surface area contributed by atoms with Crippen LogP contribution in [0.1, 0.15) is 36.8 Å². The van der Waals surface area contributed by atoms with Crippen molar-refractivity contribution in [2.24, 2.45) is 5.92 Å². The summed E-state index contributed by atoms with van der Waals surface area (Å²) < 4.78 is 0. The Kier molecular flexibility index (Phi) is 5.08. The summed E-state index contributed by atoms with van der Waals surface area (Å²) >= 11 is 0. The first-order chi connectivity index (χ1) is 13.6. The molecule has 6 heteroatoms. The van der Waals surface area contributed by atoms with Crippen LogP contribution in [0.25, 0.3) is 0 Å². The van der Waals surface area contributed by atoms with Gasteiger partial charge < -0.3 is 15.1 Å². The van der Waals surface area contributed by atoms with Crippen LogP contribution < -0.4 is 5.32 Å². The molecule has 1 N–H and O–H groups in total. The van der Waals surface area contributed by atoms with Crippen molar-refractivity contribution in [3.8, 4) is 12.3 Å². The van der Waals surface area contributed by atoms with E-state index in [-0.39, 0.29) is 30.2 Å². The molecule has 3 aliphatic heterocycles. The third kappa shape index (κ3) is 3.49. The number of benzene rings is 1. The molecule has 0 radical (unpaired) electrons. The number of nitrogens with one attached hydrogen (secondary N) is 1. The fourth-order valence-electron chi connectivity index (χ4n) is 4.53. The van der Waals surface area contributed by atoms with Crippen LogP contribution in [0.5, 0.6) is 0 Å². The molecule has 0 aromatic heterocycles. The Labute approximate surface area is 165 Å². The van der Waals surface area contributed by atoms with Gasteiger partial charge in [-0.2, -0.15) is 0 Å². The number of hydrogen-bond donors (Lipinski definition) is 1. The molecule has 146 valence electrons. The number of amides is 3. The molecule has 28 heavy (non-hydrogen) atoms. The molecular formula is C22H25N3O3. The van der Waals surface area contributed by atoms with Gasteiger partial charge in [-0.25, -0.2) is 0 Å². The predicted octanol–water partition coefficient (Wildman–Crippen LogP) is 1.09. The zero-order valence-corrected chi connectivity index (χ0v) is 15.9. The van der Waals surface area contributed by atoms with E-state index in [2.05, 4.69) is 17.3 Å². The van der Waals surface area contributed by atoms with Gasteiger partial charge >= 0.3 is 0 Å². The van der Waals surface area contributed by atoms with Gasteiger partial charge in [0.25, 0.3) is 0 Å². The molecular weight excluding hydrogens is 354 g/mol. The SMILES string of the molecule is C#CC1CCCN1C(=O)[C@@H]1C[C@@H](CC(=O)N2CCc3ccccc3C2)C(=O)N1. The average molecular weight is 379 g/mol. The quantitative estimate of drug-likeness (QED) is 0.800. The van der Waals surface area contributed by atoms with Gasteiger partial charge in [-0.3, -0.25) is 14.4 Å². The maximum Gasteiger partial charge on any atom is 0.246 e. The first-order valence-corrected chi connectivity index (χ1v) is 9.98. The molecule has 0 bridgehead atoms. The smallest absolute Gasteiger partial charge is 0.246 e. The monoisotopic (exact) mass is 379 g/mol. The van der Waals surface area contributed by atoms with Gasteiger partial charge in [0.15, 0.2) is 0 Å². The van der Waals surface area contributed by atoms with Crippen molar-refractivity contribution in [3.05, 3.63) is 35.4 Å². The minimum Gasteiger partial charge on any atom is -0.344 e. The third-order valence-electron chi connectivity index (χ3n) is 6.14. The van der Waals surface area contributed by atoms with Crippen molar-refractivity contribution in [2.75, 3.05) is 13.1 Å². The average Bonchev–Trinajstić information content (AvgIpc) is 3.33. The molecule has 3 heterocycles. The Morgan fingerprint density at radius 3 is 2.79 bits per heavy atom. The van der Waals surface area contributed by atoms with E-state index in [4.69, 9.17) is 6.42 Å². The molecule has 3 amide bonds. The molecule has 0 aliphatic carbocycles. The summed E-state index contributed by atoms with van der Waals surface area (Å²) in [6.45, 7) is 1.89. The third-order valence-corrected chi connectivity index (χ3v) is 6.14. The number of likely N-dealkylation sites (tertiary alicyclic amines) is 1. The second-order valence-electron chi connectivity index (χ2n) is 7.89. The lowest BCUT2D eigenvalue weighted by atomic mass is 9.97. The van der Waals surface area contributed by atoms with E-state index in [1.165, 1.54) is 11.1 Å². The van der Waals surface area contributed by atoms with Crippen LogP contribution in [0.3, 0.4) is 0 Å². The fraction of sp³-hybridized carbons (Fsp3) is 0.500. The van der Waals surface area contributed by atoms with E-state index in [0.29, 0.717) is 26.1 Å². The highest BCUT2D eigenvalue weighted by molar-refractivity contribution is 5.94. The molecule has 1 aromatic carbocycles. The maximum atomic E-state index is 12.8. The van der Waals surface area contributed by atoms with Crippen LogP contribution in [0, 0.1) is 18.3 Å². The number of carbonyl (C=O) groups excluding carboxylic acids is 3. The summed E-state index contributed by atoms with van der Waals surface area (Å²) in [5.41, 5.74) is 2.45. The number of hydrogen-bond acceptors (Lipinski definition) is 3. The number of fused-ring (bicyclic) bond motifs is 1. The second kappa shape index (κ2) is 7.67. The topological polar surface area (TPSA) is 69.7 Å². The fourth-order valence-corrected chi connectivity index (χ4v) is 4.53. The van der Waals surface area contributed by atoms with Gasteiger partial charge in [-0.1, -0.05) is 30.2 Å². The lowest BCUT2D eigenvalue weighted by Gasteiger charge is -2.29. The summed E-state index contributed by atoms with van der Waals surface area (Å²) in [4.78, 5) is 41.4. The highest BCUT2D eigenvalue weighted by atomic mass is 16.2. The molecule has 3 aliphatic rings. The van der Waals surface area contributed by atoms with Crippen molar-refractivity contribution >= 4 is 17.7 Å². The molecule has 1 unspecified atom stereocenters. The predicted molar refractivity (Wildman–Crippen MR) is 104 cm³/mol. The first-order valence-electron chi connectivity index (χ1n) is 9.98. The van der Waals surface area contributed by atoms with Crippen molar-refractivity contribution in [1.29, 1.82) is 0 Å². The van der Waals surface area contributed by atoms with Gasteiger partial charge in [0, 0.05) is 32.0 Å². The van der Waals surface area contributed by atoms with Gasteiger partial charge in [-0.15, -0.1) is 6.42 Å². The normalized spacial score (nSPS) is 26.5. The molecule has 1 aromatic rings. The van der Waals surface area contributed by atoms with E-state index in [1.54, 1.807) is 4.90 Å². The summed E-state index contributed by atoms with van der Waals surface area (Å²) in [7, 11) is 0. The maximum absolute atomic E-state index is 12.8. The number of carbonyl (C=O) groups is 3. The molecule has 2 saturated heterocycles. The Hall–Kier alpha value is -2.81. The summed E-state index contributed by atoms with van der Waals surface area (Å²) in [6, 6.07) is 7.39. The van der Waals surface area contributed by atoms with Crippen LogP contribution >= 0.6 is 0 Å². The van der Waals surface area contributed by atoms with Crippen molar-refractivity contribution in [3.63, 3.8) is 0 Å². The highest BCUT2D eigenvalue weighted by Crippen LogP contribution is 2.26. The van der Waals surface area contributed by atoms with Crippen molar-refractivity contribution in [1.82, 2.24) is 15.1 Å². The molecule has 3 atom stereocenters. The van der Waals surface area contributed by atoms with Gasteiger partial charge in [0.05, 0.1) is 6.04 Å². The largest absolute Gasteiger partial charge is 0.344 e. The van der Waals surface area contributed by atoms with E-state index in [0.717, 1.165) is 19.3 Å². The zero-order chi connectivity index (χ0) is 19.7. The number of terminal acetylenes is 1. The summed E-state index contributed by atoms with van der Waals surface area (Å²) in [6.07, 6.45) is 8.56. The number of nitrogens with zero attached hydrogens (tertiary/aromatic N) is 2. The van der Waals surface area contributed by atoms with E-state index in [9.17, 15) is 14.4 Å². The minimum absolute atomic E-state index is 0.0228. The second-order valence-corrected chi connectivity index (χ2v) is 7.89. The Balaban J connectivity index is 1.35. The lowest BCUT2D eigenvalue weighted by Crippen LogP contribution is -2.46. The molecule has 0 spiro atoms. The molecule has 2 fully saturated rings. The Bertz CT molecular complexity index is 844. The van der Waals surface area contributed by atoms with Crippen LogP contribution in [0.15, 0.2) is 24.3 Å². The summed E-state index contributed by atoms with van der Waals surface area (Å²) in [5, 5.41) is 2.78. The molecule has 4 rings (SSSR count). The summed E-state index contributed by atoms with van der Waals surface area (Å²) in [5.74, 6) is 1.86. The van der Waals surface area contributed by atoms with Crippen molar-refractivity contribution < 1.29 is 14.4 Å². The zero-order valence-electron chi connectivity index (χ0n) is 15.9. The lowest BCUT2D eigenvalue weighted by molar-refractivity contribution is -0.136. The molecule has 0 saturated carbocycles.